The van der Waals surface area contributed by atoms with Crippen LogP contribution >= 0.6 is 0 Å². The summed E-state index contributed by atoms with van der Waals surface area (Å²) in [4.78, 5) is 26.0. The third-order valence-corrected chi connectivity index (χ3v) is 4.45. The number of allylic oxidation sites excluding steroid dienone is 2. The maximum absolute atomic E-state index is 12.3. The third kappa shape index (κ3) is 1.61. The van der Waals surface area contributed by atoms with Crippen LogP contribution in [0.2, 0.25) is 0 Å². The number of nitrogens with zero attached hydrogens (tertiary/aromatic N) is 1. The third-order valence-electron chi connectivity index (χ3n) is 4.45. The summed E-state index contributed by atoms with van der Waals surface area (Å²) in [5, 5.41) is 10.6. The zero-order chi connectivity index (χ0) is 12.7. The van der Waals surface area contributed by atoms with Gasteiger partial charge in [0, 0.05) is 0 Å². The van der Waals surface area contributed by atoms with E-state index in [0.717, 1.165) is 6.42 Å². The van der Waals surface area contributed by atoms with Gasteiger partial charge >= 0.3 is 0 Å². The van der Waals surface area contributed by atoms with Gasteiger partial charge < -0.3 is 10.4 Å². The number of amides is 2. The average molecular weight is 251 g/mol. The molecule has 1 saturated heterocycles. The van der Waals surface area contributed by atoms with Crippen LogP contribution in [0.15, 0.2) is 12.2 Å². The number of hydrogen-bond donors (Lipinski definition) is 2. The molecule has 5 heteroatoms. The minimum absolute atomic E-state index is 0.0271. The van der Waals surface area contributed by atoms with Crippen molar-refractivity contribution in [2.24, 2.45) is 23.7 Å². The van der Waals surface area contributed by atoms with Crippen LogP contribution in [0.3, 0.4) is 0 Å². The second-order valence-electron chi connectivity index (χ2n) is 5.42. The van der Waals surface area contributed by atoms with Crippen molar-refractivity contribution in [3.8, 4) is 0 Å². The van der Waals surface area contributed by atoms with Crippen LogP contribution in [0.1, 0.15) is 6.42 Å². The molecule has 2 amide bonds. The summed E-state index contributed by atoms with van der Waals surface area (Å²) in [5.41, 5.74) is 0. The van der Waals surface area contributed by atoms with E-state index < -0.39 is 0 Å². The molecule has 98 valence electrons. The lowest BCUT2D eigenvalue weighted by atomic mass is 9.85. The minimum atomic E-state index is -0.0784. The first kappa shape index (κ1) is 11.9. The zero-order valence-corrected chi connectivity index (χ0v) is 10.3. The van der Waals surface area contributed by atoms with E-state index in [2.05, 4.69) is 12.2 Å². The molecule has 0 unspecified atom stereocenters. The van der Waals surface area contributed by atoms with Gasteiger partial charge in [-0.1, -0.05) is 12.2 Å². The van der Waals surface area contributed by atoms with Gasteiger partial charge in [0.15, 0.2) is 0 Å². The fraction of sp³-hybridized carbons (Fsp3) is 0.692. The Hall–Kier alpha value is -1.20. The largest absolute Gasteiger partial charge is 0.391 e. The number of quaternary nitrogens is 1. The van der Waals surface area contributed by atoms with Gasteiger partial charge in [0.1, 0.15) is 0 Å². The van der Waals surface area contributed by atoms with Crippen LogP contribution in [-0.2, 0) is 9.59 Å². The van der Waals surface area contributed by atoms with Crippen LogP contribution in [0.4, 0.5) is 0 Å². The highest BCUT2D eigenvalue weighted by atomic mass is 16.3. The molecule has 2 bridgehead atoms. The van der Waals surface area contributed by atoms with Crippen LogP contribution in [0.25, 0.3) is 0 Å². The molecule has 0 aromatic rings. The number of fused-ring (bicyclic) bond motifs is 5. The fourth-order valence-electron chi connectivity index (χ4n) is 3.64. The average Bonchev–Trinajstić information content (AvgIpc) is 3.02. The van der Waals surface area contributed by atoms with Crippen LogP contribution < -0.4 is 5.32 Å². The van der Waals surface area contributed by atoms with E-state index in [0.29, 0.717) is 31.5 Å². The molecule has 1 heterocycles. The van der Waals surface area contributed by atoms with Gasteiger partial charge in [-0.2, -0.15) is 0 Å². The highest BCUT2D eigenvalue weighted by Gasteiger charge is 2.59. The fourth-order valence-corrected chi connectivity index (χ4v) is 3.64. The van der Waals surface area contributed by atoms with Crippen LogP contribution in [-0.4, -0.2) is 48.1 Å². The van der Waals surface area contributed by atoms with Crippen molar-refractivity contribution >= 4 is 11.8 Å². The van der Waals surface area contributed by atoms with E-state index >= 15 is 0 Å². The Morgan fingerprint density at radius 2 is 1.78 bits per heavy atom. The van der Waals surface area contributed by atoms with Crippen molar-refractivity contribution in [2.45, 2.75) is 6.42 Å². The van der Waals surface area contributed by atoms with Gasteiger partial charge in [-0.3, -0.25) is 14.5 Å². The summed E-state index contributed by atoms with van der Waals surface area (Å²) >= 11 is 0. The molecule has 18 heavy (non-hydrogen) atoms. The molecule has 3 N–H and O–H groups in total. The number of imide groups is 1. The number of carbonyl (C=O) groups is 2. The van der Waals surface area contributed by atoms with Gasteiger partial charge in [-0.15, -0.1) is 0 Å². The molecular formula is C13H19N2O3+. The molecule has 2 fully saturated rings. The quantitative estimate of drug-likeness (QED) is 0.349. The number of hydrogen-bond acceptors (Lipinski definition) is 3. The number of rotatable bonds is 5. The molecular weight excluding hydrogens is 232 g/mol. The Bertz CT molecular complexity index is 377. The predicted octanol–water partition coefficient (Wildman–Crippen LogP) is -1.65. The van der Waals surface area contributed by atoms with Gasteiger partial charge in [-0.05, 0) is 18.3 Å². The number of carbonyl (C=O) groups excluding carboxylic acids is 2. The monoisotopic (exact) mass is 251 g/mol. The molecule has 3 rings (SSSR count). The maximum Gasteiger partial charge on any atom is 0.233 e. The lowest BCUT2D eigenvalue weighted by molar-refractivity contribution is -0.655. The van der Waals surface area contributed by atoms with Crippen molar-refractivity contribution in [3.63, 3.8) is 0 Å². The summed E-state index contributed by atoms with van der Waals surface area (Å²) in [6.07, 6.45) is 5.20. The first-order valence-electron chi connectivity index (χ1n) is 6.70. The van der Waals surface area contributed by atoms with Gasteiger partial charge in [0.2, 0.25) is 11.8 Å². The van der Waals surface area contributed by atoms with Crippen molar-refractivity contribution in [1.82, 2.24) is 4.90 Å². The van der Waals surface area contributed by atoms with E-state index in [-0.39, 0.29) is 30.3 Å². The maximum atomic E-state index is 12.3. The van der Waals surface area contributed by atoms with Crippen molar-refractivity contribution in [1.29, 1.82) is 0 Å². The Morgan fingerprint density at radius 3 is 2.33 bits per heavy atom. The predicted molar refractivity (Wildman–Crippen MR) is 63.2 cm³/mol. The van der Waals surface area contributed by atoms with Crippen molar-refractivity contribution in [3.05, 3.63) is 12.2 Å². The normalized spacial score (nSPS) is 36.8. The summed E-state index contributed by atoms with van der Waals surface area (Å²) in [7, 11) is 0. The molecule has 4 atom stereocenters. The Labute approximate surface area is 106 Å². The highest BCUT2D eigenvalue weighted by molar-refractivity contribution is 6.06. The van der Waals surface area contributed by atoms with Gasteiger partial charge in [-0.25, -0.2) is 0 Å². The molecule has 2 aliphatic carbocycles. The van der Waals surface area contributed by atoms with E-state index in [1.807, 2.05) is 5.32 Å². The Balaban J connectivity index is 1.65. The van der Waals surface area contributed by atoms with E-state index in [9.17, 15) is 9.59 Å². The second-order valence-corrected chi connectivity index (χ2v) is 5.42. The summed E-state index contributed by atoms with van der Waals surface area (Å²) in [6, 6.07) is 0. The standard InChI is InChI=1S/C13H18N2O3/c16-6-4-14-3-5-15-12(17)10-8-1-2-9(7-8)11(10)13(15)18/h1-2,8-11,14,16H,3-7H2/p+1/t8-,9-,10+,11+/m0/s1. The number of aliphatic hydroxyl groups is 1. The summed E-state index contributed by atoms with van der Waals surface area (Å²) in [6.45, 7) is 1.90. The molecule has 0 aromatic carbocycles. The lowest BCUT2D eigenvalue weighted by Crippen LogP contribution is -2.86. The molecule has 1 aliphatic heterocycles. The molecule has 1 saturated carbocycles. The molecule has 0 aromatic heterocycles. The lowest BCUT2D eigenvalue weighted by Gasteiger charge is -2.15. The van der Waals surface area contributed by atoms with Crippen molar-refractivity contribution < 1.29 is 20.0 Å². The van der Waals surface area contributed by atoms with E-state index in [1.165, 1.54) is 4.90 Å². The van der Waals surface area contributed by atoms with Crippen LogP contribution in [0, 0.1) is 23.7 Å². The first-order chi connectivity index (χ1) is 8.74. The Kier molecular flexibility index (Phi) is 2.95. The molecule has 3 aliphatic rings. The number of aliphatic hydroxyl groups excluding tert-OH is 1. The molecule has 0 spiro atoms. The Morgan fingerprint density at radius 1 is 1.17 bits per heavy atom. The minimum Gasteiger partial charge on any atom is -0.391 e. The van der Waals surface area contributed by atoms with Gasteiger partial charge in [0.05, 0.1) is 38.1 Å². The molecule has 0 radical (unpaired) electrons. The van der Waals surface area contributed by atoms with E-state index in [1.54, 1.807) is 0 Å². The topological polar surface area (TPSA) is 74.2 Å². The highest BCUT2D eigenvalue weighted by Crippen LogP contribution is 2.52. The molecule has 5 nitrogen and oxygen atoms in total. The van der Waals surface area contributed by atoms with Gasteiger partial charge in [0.25, 0.3) is 0 Å². The number of likely N-dealkylation sites (tertiary alicyclic amines) is 1. The first-order valence-corrected chi connectivity index (χ1v) is 6.70. The zero-order valence-electron chi connectivity index (χ0n) is 10.3. The smallest absolute Gasteiger partial charge is 0.233 e. The number of nitrogens with two attached hydrogens (primary N) is 1. The van der Waals surface area contributed by atoms with E-state index in [4.69, 9.17) is 5.11 Å². The van der Waals surface area contributed by atoms with Crippen molar-refractivity contribution in [2.75, 3.05) is 26.2 Å². The summed E-state index contributed by atoms with van der Waals surface area (Å²) in [5.74, 6) is 0.486. The summed E-state index contributed by atoms with van der Waals surface area (Å²) < 4.78 is 0. The second kappa shape index (κ2) is 4.48. The SMILES string of the molecule is O=C1[C@H]2[C@H](C(=O)N1CC[NH2+]CCO)[C@H]1C=C[C@H]2C1. The van der Waals surface area contributed by atoms with Crippen LogP contribution in [0.5, 0.6) is 0 Å².